The molecule has 1 amide bonds. The number of ether oxygens (including phenoxy) is 1. The second-order valence-electron chi connectivity index (χ2n) is 5.54. The number of benzene rings is 2. The topological polar surface area (TPSA) is 90.3 Å². The summed E-state index contributed by atoms with van der Waals surface area (Å²) >= 11 is 0. The fourth-order valence-electron chi connectivity index (χ4n) is 2.44. The Balaban J connectivity index is 1.77. The Morgan fingerprint density at radius 1 is 1.07 bits per heavy atom. The number of carbonyl (C=O) groups is 2. The number of rotatable bonds is 4. The molecule has 2 aromatic carbocycles. The largest absolute Gasteiger partial charge is 0.451 e. The van der Waals surface area contributed by atoms with Gasteiger partial charge in [-0.2, -0.15) is 5.10 Å². The average Bonchev–Trinajstić information content (AvgIpc) is 2.66. The third kappa shape index (κ3) is 3.66. The lowest BCUT2D eigenvalue weighted by atomic mass is 10.1. The quantitative estimate of drug-likeness (QED) is 0.707. The number of aromatic nitrogens is 2. The average molecular weight is 373 g/mol. The van der Waals surface area contributed by atoms with Crippen molar-refractivity contribution in [1.82, 2.24) is 9.78 Å². The van der Waals surface area contributed by atoms with Crippen LogP contribution >= 0.6 is 0 Å². The van der Waals surface area contributed by atoms with Crippen molar-refractivity contribution in [2.75, 3.05) is 11.9 Å². The van der Waals surface area contributed by atoms with E-state index in [4.69, 9.17) is 4.74 Å². The van der Waals surface area contributed by atoms with E-state index < -0.39 is 41.4 Å². The number of esters is 1. The van der Waals surface area contributed by atoms with Gasteiger partial charge in [-0.3, -0.25) is 9.59 Å². The highest BCUT2D eigenvalue weighted by Crippen LogP contribution is 2.18. The van der Waals surface area contributed by atoms with Gasteiger partial charge in [-0.1, -0.05) is 24.3 Å². The third-order valence-electron chi connectivity index (χ3n) is 3.71. The number of halogens is 2. The van der Waals surface area contributed by atoms with E-state index in [-0.39, 0.29) is 16.5 Å². The van der Waals surface area contributed by atoms with Crippen molar-refractivity contribution >= 4 is 28.3 Å². The van der Waals surface area contributed by atoms with Gasteiger partial charge in [0, 0.05) is 12.4 Å². The molecule has 27 heavy (non-hydrogen) atoms. The van der Waals surface area contributed by atoms with Crippen LogP contribution in [-0.4, -0.2) is 28.3 Å². The molecule has 0 aliphatic heterocycles. The van der Waals surface area contributed by atoms with Gasteiger partial charge in [0.2, 0.25) is 0 Å². The molecule has 1 aromatic heterocycles. The zero-order valence-corrected chi connectivity index (χ0v) is 14.0. The number of amides is 1. The number of para-hydroxylation sites is 1. The maximum absolute atomic E-state index is 13.5. The molecule has 0 aliphatic carbocycles. The number of hydrogen-bond acceptors (Lipinski definition) is 5. The fourth-order valence-corrected chi connectivity index (χ4v) is 2.44. The van der Waals surface area contributed by atoms with Gasteiger partial charge in [0.15, 0.2) is 12.3 Å². The smallest absolute Gasteiger partial charge is 0.359 e. The van der Waals surface area contributed by atoms with Crippen molar-refractivity contribution in [3.63, 3.8) is 0 Å². The number of nitrogens with zero attached hydrogens (tertiary/aromatic N) is 2. The van der Waals surface area contributed by atoms with Gasteiger partial charge < -0.3 is 10.1 Å². The van der Waals surface area contributed by atoms with Gasteiger partial charge in [-0.15, -0.1) is 0 Å². The standard InChI is InChI=1S/C18H13F2N3O4/c1-23-17(25)11-6-3-2-5-10(11)15(22-23)18(26)27-9-14(24)21-16-12(19)7-4-8-13(16)20/h2-8H,9H2,1H3,(H,21,24). The SMILES string of the molecule is Cn1nc(C(=O)OCC(=O)Nc2c(F)cccc2F)c2ccccc2c1=O. The Hall–Kier alpha value is -3.62. The zero-order chi connectivity index (χ0) is 19.6. The van der Waals surface area contributed by atoms with Crippen LogP contribution in [0.4, 0.5) is 14.5 Å². The van der Waals surface area contributed by atoms with Crippen LogP contribution in [0.5, 0.6) is 0 Å². The van der Waals surface area contributed by atoms with Crippen LogP contribution < -0.4 is 10.9 Å². The van der Waals surface area contributed by atoms with E-state index in [2.05, 4.69) is 5.10 Å². The summed E-state index contributed by atoms with van der Waals surface area (Å²) in [6, 6.07) is 9.41. The summed E-state index contributed by atoms with van der Waals surface area (Å²) in [6.45, 7) is -0.786. The van der Waals surface area contributed by atoms with E-state index >= 15 is 0 Å². The molecule has 1 heterocycles. The van der Waals surface area contributed by atoms with Crippen LogP contribution in [0.25, 0.3) is 10.8 Å². The van der Waals surface area contributed by atoms with Crippen LogP contribution in [0, 0.1) is 11.6 Å². The monoisotopic (exact) mass is 373 g/mol. The highest BCUT2D eigenvalue weighted by atomic mass is 19.1. The minimum Gasteiger partial charge on any atom is -0.451 e. The number of aryl methyl sites for hydroxylation is 1. The second-order valence-corrected chi connectivity index (χ2v) is 5.54. The van der Waals surface area contributed by atoms with Crippen molar-refractivity contribution in [3.05, 3.63) is 70.1 Å². The predicted octanol–water partition coefficient (Wildman–Crippen LogP) is 2.01. The summed E-state index contributed by atoms with van der Waals surface area (Å²) in [5, 5.41) is 6.40. The molecular weight excluding hydrogens is 360 g/mol. The molecule has 0 bridgehead atoms. The molecule has 1 N–H and O–H groups in total. The molecule has 0 spiro atoms. The van der Waals surface area contributed by atoms with Crippen LogP contribution in [0.3, 0.4) is 0 Å². The van der Waals surface area contributed by atoms with Gasteiger partial charge in [0.05, 0.1) is 5.39 Å². The van der Waals surface area contributed by atoms with Crippen LogP contribution in [-0.2, 0) is 16.6 Å². The Bertz CT molecular complexity index is 1090. The number of fused-ring (bicyclic) bond motifs is 1. The Kier molecular flexibility index (Phi) is 4.93. The van der Waals surface area contributed by atoms with Crippen molar-refractivity contribution in [1.29, 1.82) is 0 Å². The van der Waals surface area contributed by atoms with Crippen LogP contribution in [0.15, 0.2) is 47.3 Å². The molecule has 0 fully saturated rings. The lowest BCUT2D eigenvalue weighted by molar-refractivity contribution is -0.119. The van der Waals surface area contributed by atoms with Crippen LogP contribution in [0.1, 0.15) is 10.5 Å². The van der Waals surface area contributed by atoms with E-state index in [1.54, 1.807) is 12.1 Å². The summed E-state index contributed by atoms with van der Waals surface area (Å²) in [4.78, 5) is 36.2. The molecule has 3 aromatic rings. The normalized spacial score (nSPS) is 10.6. The molecule has 0 radical (unpaired) electrons. The molecule has 3 rings (SSSR count). The second kappa shape index (κ2) is 7.32. The molecule has 0 saturated heterocycles. The maximum Gasteiger partial charge on any atom is 0.359 e. The molecule has 0 saturated carbocycles. The van der Waals surface area contributed by atoms with Gasteiger partial charge in [-0.05, 0) is 18.2 Å². The van der Waals surface area contributed by atoms with E-state index in [1.165, 1.54) is 19.2 Å². The summed E-state index contributed by atoms with van der Waals surface area (Å²) in [5.74, 6) is -3.80. The lowest BCUT2D eigenvalue weighted by Gasteiger charge is -2.09. The molecule has 7 nitrogen and oxygen atoms in total. The highest BCUT2D eigenvalue weighted by molar-refractivity contribution is 6.03. The molecule has 138 valence electrons. The van der Waals surface area contributed by atoms with E-state index in [1.807, 2.05) is 5.32 Å². The first-order valence-electron chi connectivity index (χ1n) is 7.75. The van der Waals surface area contributed by atoms with Gasteiger partial charge in [-0.25, -0.2) is 18.3 Å². The summed E-state index contributed by atoms with van der Waals surface area (Å²) in [7, 11) is 1.37. The molecule has 0 unspecified atom stereocenters. The van der Waals surface area contributed by atoms with Gasteiger partial charge in [0.25, 0.3) is 11.5 Å². The first-order chi connectivity index (χ1) is 12.9. The van der Waals surface area contributed by atoms with Gasteiger partial charge in [0.1, 0.15) is 17.3 Å². The third-order valence-corrected chi connectivity index (χ3v) is 3.71. The minimum absolute atomic E-state index is 0.155. The molecule has 0 aliphatic rings. The Morgan fingerprint density at radius 3 is 2.37 bits per heavy atom. The van der Waals surface area contributed by atoms with E-state index in [0.717, 1.165) is 22.9 Å². The summed E-state index contributed by atoms with van der Waals surface area (Å²) < 4.78 is 32.9. The maximum atomic E-state index is 13.5. The van der Waals surface area contributed by atoms with Crippen molar-refractivity contribution < 1.29 is 23.1 Å². The molecule has 9 heteroatoms. The first kappa shape index (κ1) is 18.2. The Morgan fingerprint density at radius 2 is 1.70 bits per heavy atom. The van der Waals surface area contributed by atoms with Crippen molar-refractivity contribution in [2.45, 2.75) is 0 Å². The zero-order valence-electron chi connectivity index (χ0n) is 14.0. The van der Waals surface area contributed by atoms with Crippen molar-refractivity contribution in [3.8, 4) is 0 Å². The van der Waals surface area contributed by atoms with E-state index in [0.29, 0.717) is 0 Å². The van der Waals surface area contributed by atoms with E-state index in [9.17, 15) is 23.2 Å². The summed E-state index contributed by atoms with van der Waals surface area (Å²) in [6.07, 6.45) is 0. The number of hydrogen-bond donors (Lipinski definition) is 1. The predicted molar refractivity (Wildman–Crippen MR) is 92.3 cm³/mol. The number of carbonyl (C=O) groups excluding carboxylic acids is 2. The lowest BCUT2D eigenvalue weighted by Crippen LogP contribution is -2.26. The van der Waals surface area contributed by atoms with Crippen molar-refractivity contribution in [2.24, 2.45) is 7.05 Å². The number of anilines is 1. The fraction of sp³-hybridized carbons (Fsp3) is 0.111. The van der Waals surface area contributed by atoms with Crippen LogP contribution in [0.2, 0.25) is 0 Å². The Labute approximate surface area is 151 Å². The summed E-state index contributed by atoms with van der Waals surface area (Å²) in [5.41, 5.74) is -1.18. The highest BCUT2D eigenvalue weighted by Gasteiger charge is 2.19. The van der Waals surface area contributed by atoms with Gasteiger partial charge >= 0.3 is 5.97 Å². The molecule has 0 atom stereocenters. The minimum atomic E-state index is -0.958. The number of nitrogens with one attached hydrogen (secondary N) is 1. The molecular formula is C18H13F2N3O4. The first-order valence-corrected chi connectivity index (χ1v) is 7.75.